The number of imidazole rings is 1. The van der Waals surface area contributed by atoms with Crippen LogP contribution in [0, 0.1) is 5.92 Å². The molecule has 2 aromatic heterocycles. The molecular weight excluding hydrogens is 336 g/mol. The third-order valence-electron chi connectivity index (χ3n) is 5.12. The Morgan fingerprint density at radius 3 is 2.74 bits per heavy atom. The first kappa shape index (κ1) is 17.9. The van der Waals surface area contributed by atoms with Crippen molar-refractivity contribution in [3.63, 3.8) is 0 Å². The van der Waals surface area contributed by atoms with Crippen molar-refractivity contribution < 1.29 is 4.74 Å². The molecule has 5 nitrogen and oxygen atoms in total. The number of hydrogen-bond donors (Lipinski definition) is 0. The average Bonchev–Trinajstić information content (AvgIpc) is 3.31. The molecule has 0 aliphatic carbocycles. The fraction of sp³-hybridized carbons (Fsp3) is 0.364. The van der Waals surface area contributed by atoms with Gasteiger partial charge < -0.3 is 14.2 Å². The quantitative estimate of drug-likeness (QED) is 0.674. The molecule has 1 fully saturated rings. The summed E-state index contributed by atoms with van der Waals surface area (Å²) in [5.41, 5.74) is 3.76. The van der Waals surface area contributed by atoms with Gasteiger partial charge >= 0.3 is 0 Å². The van der Waals surface area contributed by atoms with Gasteiger partial charge in [-0.1, -0.05) is 18.2 Å². The third kappa shape index (κ3) is 4.10. The summed E-state index contributed by atoms with van der Waals surface area (Å²) in [5, 5.41) is 0. The molecule has 0 N–H and O–H groups in total. The second-order valence-electron chi connectivity index (χ2n) is 7.52. The number of aromatic nitrogens is 3. The van der Waals surface area contributed by atoms with E-state index in [4.69, 9.17) is 4.74 Å². The predicted molar refractivity (Wildman–Crippen MR) is 106 cm³/mol. The maximum Gasteiger partial charge on any atom is 0.140 e. The number of hydrogen-bond acceptors (Lipinski definition) is 4. The van der Waals surface area contributed by atoms with E-state index < -0.39 is 0 Å². The molecule has 1 aromatic carbocycles. The Balaban J connectivity index is 1.59. The minimum atomic E-state index is 0.299. The molecule has 0 bridgehead atoms. The van der Waals surface area contributed by atoms with Gasteiger partial charge in [0.15, 0.2) is 0 Å². The lowest BCUT2D eigenvalue weighted by Gasteiger charge is -2.21. The van der Waals surface area contributed by atoms with Crippen LogP contribution in [0.25, 0.3) is 11.4 Å². The van der Waals surface area contributed by atoms with Gasteiger partial charge in [-0.05, 0) is 49.8 Å². The molecule has 0 amide bonds. The highest BCUT2D eigenvalue weighted by molar-refractivity contribution is 5.57. The van der Waals surface area contributed by atoms with Crippen molar-refractivity contribution in [1.82, 2.24) is 19.4 Å². The lowest BCUT2D eigenvalue weighted by atomic mass is 9.95. The maximum atomic E-state index is 5.86. The van der Waals surface area contributed by atoms with Crippen molar-refractivity contribution in [3.8, 4) is 11.4 Å². The van der Waals surface area contributed by atoms with E-state index in [0.29, 0.717) is 12.0 Å². The second kappa shape index (κ2) is 8.03. The fourth-order valence-corrected chi connectivity index (χ4v) is 3.89. The van der Waals surface area contributed by atoms with E-state index in [1.54, 1.807) is 0 Å². The molecule has 1 aliphatic rings. The van der Waals surface area contributed by atoms with Crippen molar-refractivity contribution in [2.45, 2.75) is 19.0 Å². The van der Waals surface area contributed by atoms with Gasteiger partial charge in [-0.3, -0.25) is 4.98 Å². The van der Waals surface area contributed by atoms with Crippen LogP contribution in [0.1, 0.15) is 17.2 Å². The Hall–Kier alpha value is -2.50. The zero-order valence-corrected chi connectivity index (χ0v) is 16.0. The highest BCUT2D eigenvalue weighted by atomic mass is 16.5. The minimum absolute atomic E-state index is 0.299. The van der Waals surface area contributed by atoms with Crippen molar-refractivity contribution in [3.05, 3.63) is 72.3 Å². The highest BCUT2D eigenvalue weighted by Crippen LogP contribution is 2.32. The van der Waals surface area contributed by atoms with Gasteiger partial charge in [0.1, 0.15) is 5.82 Å². The van der Waals surface area contributed by atoms with Gasteiger partial charge in [0.2, 0.25) is 0 Å². The molecule has 5 heteroatoms. The van der Waals surface area contributed by atoms with E-state index in [0.717, 1.165) is 37.6 Å². The van der Waals surface area contributed by atoms with Crippen molar-refractivity contribution in [1.29, 1.82) is 0 Å². The molecule has 0 saturated carbocycles. The number of benzene rings is 1. The highest BCUT2D eigenvalue weighted by Gasteiger charge is 2.31. The van der Waals surface area contributed by atoms with Crippen molar-refractivity contribution in [2.75, 3.05) is 27.3 Å². The van der Waals surface area contributed by atoms with E-state index >= 15 is 0 Å². The summed E-state index contributed by atoms with van der Waals surface area (Å²) in [5.74, 6) is 1.45. The van der Waals surface area contributed by atoms with E-state index in [-0.39, 0.29) is 0 Å². The molecule has 0 spiro atoms. The third-order valence-corrected chi connectivity index (χ3v) is 5.12. The zero-order chi connectivity index (χ0) is 18.6. The second-order valence-corrected chi connectivity index (χ2v) is 7.52. The molecule has 140 valence electrons. The van der Waals surface area contributed by atoms with Crippen molar-refractivity contribution >= 4 is 0 Å². The van der Waals surface area contributed by atoms with Gasteiger partial charge in [0, 0.05) is 42.8 Å². The van der Waals surface area contributed by atoms with Crippen LogP contribution in [0.15, 0.2) is 61.2 Å². The Kier molecular flexibility index (Phi) is 5.32. The minimum Gasteiger partial charge on any atom is -0.379 e. The van der Waals surface area contributed by atoms with Gasteiger partial charge in [0.25, 0.3) is 0 Å². The molecule has 4 rings (SSSR count). The molecule has 3 aromatic rings. The van der Waals surface area contributed by atoms with Crippen LogP contribution in [-0.2, 0) is 17.7 Å². The maximum absolute atomic E-state index is 5.86. The summed E-state index contributed by atoms with van der Waals surface area (Å²) in [6, 6.07) is 13.2. The van der Waals surface area contributed by atoms with Crippen LogP contribution in [0.5, 0.6) is 0 Å². The van der Waals surface area contributed by atoms with Crippen molar-refractivity contribution in [2.24, 2.45) is 5.92 Å². The number of pyridine rings is 1. The normalized spacial score (nSPS) is 19.7. The molecule has 2 atom stereocenters. The number of rotatable bonds is 6. The molecular formula is C22H26N4O. The standard InChI is InChI=1S/C22H26N4O/c1-25(2)14-18-4-3-5-19(13-18)22-24-10-11-26(22)21-16-27-15-20(21)12-17-6-8-23-9-7-17/h3-11,13,20-21H,12,14-16H2,1-2H3/t20-,21-/m1/s1. The Morgan fingerprint density at radius 1 is 1.07 bits per heavy atom. The lowest BCUT2D eigenvalue weighted by Crippen LogP contribution is -2.20. The Bertz CT molecular complexity index is 875. The van der Waals surface area contributed by atoms with E-state index in [2.05, 4.69) is 76.1 Å². The van der Waals surface area contributed by atoms with Crippen LogP contribution >= 0.6 is 0 Å². The summed E-state index contributed by atoms with van der Waals surface area (Å²) in [4.78, 5) is 11.0. The molecule has 0 radical (unpaired) electrons. The Morgan fingerprint density at radius 2 is 1.93 bits per heavy atom. The van der Waals surface area contributed by atoms with Crippen LogP contribution in [0.3, 0.4) is 0 Å². The van der Waals surface area contributed by atoms with Gasteiger partial charge in [0.05, 0.1) is 19.3 Å². The lowest BCUT2D eigenvalue weighted by molar-refractivity contribution is 0.181. The molecule has 1 aliphatic heterocycles. The van der Waals surface area contributed by atoms with Crippen LogP contribution in [0.2, 0.25) is 0 Å². The topological polar surface area (TPSA) is 43.2 Å². The summed E-state index contributed by atoms with van der Waals surface area (Å²) < 4.78 is 8.16. The number of ether oxygens (including phenoxy) is 1. The van der Waals surface area contributed by atoms with E-state index in [1.807, 2.05) is 18.6 Å². The van der Waals surface area contributed by atoms with Crippen LogP contribution < -0.4 is 0 Å². The van der Waals surface area contributed by atoms with Gasteiger partial charge in [-0.15, -0.1) is 0 Å². The summed E-state index contributed by atoms with van der Waals surface area (Å²) in [6.07, 6.45) is 8.70. The predicted octanol–water partition coefficient (Wildman–Crippen LogP) is 3.44. The first-order valence-electron chi connectivity index (χ1n) is 9.44. The van der Waals surface area contributed by atoms with Crippen LogP contribution in [-0.4, -0.2) is 46.7 Å². The van der Waals surface area contributed by atoms with Gasteiger partial charge in [-0.2, -0.15) is 0 Å². The smallest absolute Gasteiger partial charge is 0.140 e. The SMILES string of the molecule is CN(C)Cc1cccc(-c2nccn2[C@@H]2COC[C@H]2Cc2ccncc2)c1. The first-order chi connectivity index (χ1) is 13.2. The molecule has 3 heterocycles. The molecule has 1 saturated heterocycles. The molecule has 0 unspecified atom stereocenters. The Labute approximate surface area is 160 Å². The first-order valence-corrected chi connectivity index (χ1v) is 9.44. The van der Waals surface area contributed by atoms with Gasteiger partial charge in [-0.25, -0.2) is 4.98 Å². The monoisotopic (exact) mass is 362 g/mol. The van der Waals surface area contributed by atoms with E-state index in [9.17, 15) is 0 Å². The largest absolute Gasteiger partial charge is 0.379 e. The summed E-state index contributed by atoms with van der Waals surface area (Å²) in [6.45, 7) is 2.44. The van der Waals surface area contributed by atoms with Crippen LogP contribution in [0.4, 0.5) is 0 Å². The summed E-state index contributed by atoms with van der Waals surface area (Å²) >= 11 is 0. The zero-order valence-electron chi connectivity index (χ0n) is 16.0. The fourth-order valence-electron chi connectivity index (χ4n) is 3.89. The average molecular weight is 362 g/mol. The van der Waals surface area contributed by atoms with E-state index in [1.165, 1.54) is 11.1 Å². The summed E-state index contributed by atoms with van der Waals surface area (Å²) in [7, 11) is 4.18. The number of nitrogens with zero attached hydrogens (tertiary/aromatic N) is 4. The molecule has 27 heavy (non-hydrogen) atoms.